The van der Waals surface area contributed by atoms with E-state index in [0.717, 1.165) is 3.57 Å². The van der Waals surface area contributed by atoms with Gasteiger partial charge in [-0.15, -0.1) is 0 Å². The van der Waals surface area contributed by atoms with Gasteiger partial charge in [-0.05, 0) is 81.6 Å². The quantitative estimate of drug-likeness (QED) is 0.483. The van der Waals surface area contributed by atoms with E-state index in [4.69, 9.17) is 4.74 Å². The van der Waals surface area contributed by atoms with Crippen LogP contribution in [0.4, 0.5) is 4.39 Å². The van der Waals surface area contributed by atoms with E-state index in [9.17, 15) is 9.18 Å². The number of methoxy groups -OCH3 is 1. The summed E-state index contributed by atoms with van der Waals surface area (Å²) in [6.45, 7) is 0. The van der Waals surface area contributed by atoms with Gasteiger partial charge in [0, 0.05) is 12.7 Å². The van der Waals surface area contributed by atoms with Crippen LogP contribution in [0.3, 0.4) is 0 Å². The molecule has 0 heterocycles. The largest absolute Gasteiger partial charge is 0.496 e. The number of carbonyl (C=O) groups is 1. The predicted octanol–water partition coefficient (Wildman–Crippen LogP) is 4.27. The van der Waals surface area contributed by atoms with E-state index in [1.807, 2.05) is 28.7 Å². The Morgan fingerprint density at radius 2 is 1.84 bits per heavy atom. The zero-order valence-electron chi connectivity index (χ0n) is 9.91. The molecule has 2 aromatic rings. The van der Waals surface area contributed by atoms with Gasteiger partial charge in [-0.3, -0.25) is 4.79 Å². The van der Waals surface area contributed by atoms with Crippen LogP contribution in [-0.2, 0) is 0 Å². The van der Waals surface area contributed by atoms with E-state index < -0.39 is 0 Å². The number of rotatable bonds is 3. The molecule has 0 N–H and O–H groups in total. The van der Waals surface area contributed by atoms with E-state index in [1.165, 1.54) is 25.3 Å². The Labute approximate surface area is 137 Å². The molecular formula is C14H9FI2O2. The second kappa shape index (κ2) is 6.17. The van der Waals surface area contributed by atoms with Crippen LogP contribution in [-0.4, -0.2) is 12.9 Å². The zero-order chi connectivity index (χ0) is 14.0. The van der Waals surface area contributed by atoms with Gasteiger partial charge in [0.15, 0.2) is 5.78 Å². The van der Waals surface area contributed by atoms with Crippen LogP contribution < -0.4 is 4.74 Å². The Bertz CT molecular complexity index is 641. The lowest BCUT2D eigenvalue weighted by Gasteiger charge is -2.09. The molecule has 0 unspecified atom stereocenters. The smallest absolute Gasteiger partial charge is 0.197 e. The Morgan fingerprint density at radius 1 is 1.11 bits per heavy atom. The van der Waals surface area contributed by atoms with E-state index in [1.54, 1.807) is 12.1 Å². The molecule has 5 heteroatoms. The van der Waals surface area contributed by atoms with Crippen LogP contribution >= 0.6 is 45.2 Å². The molecule has 2 rings (SSSR count). The van der Waals surface area contributed by atoms with Gasteiger partial charge in [-0.1, -0.05) is 0 Å². The summed E-state index contributed by atoms with van der Waals surface area (Å²) in [5, 5.41) is 0. The minimum Gasteiger partial charge on any atom is -0.496 e. The summed E-state index contributed by atoms with van der Waals surface area (Å²) in [5.41, 5.74) is 0.959. The first-order valence-electron chi connectivity index (χ1n) is 5.36. The first-order valence-corrected chi connectivity index (χ1v) is 7.52. The van der Waals surface area contributed by atoms with Crippen molar-refractivity contribution in [3.05, 3.63) is 60.5 Å². The Hall–Kier alpha value is -0.700. The molecule has 19 heavy (non-hydrogen) atoms. The van der Waals surface area contributed by atoms with Crippen LogP contribution in [0.5, 0.6) is 5.75 Å². The van der Waals surface area contributed by atoms with Crippen LogP contribution in [0, 0.1) is 13.0 Å². The lowest BCUT2D eigenvalue weighted by Crippen LogP contribution is -2.06. The van der Waals surface area contributed by atoms with Gasteiger partial charge in [-0.25, -0.2) is 4.39 Å². The van der Waals surface area contributed by atoms with Crippen LogP contribution in [0.15, 0.2) is 36.4 Å². The highest BCUT2D eigenvalue weighted by molar-refractivity contribution is 14.1. The van der Waals surface area contributed by atoms with E-state index >= 15 is 0 Å². The summed E-state index contributed by atoms with van der Waals surface area (Å²) in [5.74, 6) is 0.000800. The molecule has 2 aromatic carbocycles. The lowest BCUT2D eigenvalue weighted by molar-refractivity contribution is 0.103. The highest BCUT2D eigenvalue weighted by atomic mass is 127. The van der Waals surface area contributed by atoms with Crippen molar-refractivity contribution in [1.29, 1.82) is 0 Å². The van der Waals surface area contributed by atoms with Gasteiger partial charge in [0.25, 0.3) is 0 Å². The molecule has 0 aromatic heterocycles. The van der Waals surface area contributed by atoms with E-state index in [-0.39, 0.29) is 11.6 Å². The number of halogens is 3. The fraction of sp³-hybridized carbons (Fsp3) is 0.0714. The van der Waals surface area contributed by atoms with E-state index in [2.05, 4.69) is 22.6 Å². The topological polar surface area (TPSA) is 26.3 Å². The third kappa shape index (κ3) is 3.25. The third-order valence-corrected chi connectivity index (χ3v) is 4.15. The predicted molar refractivity (Wildman–Crippen MR) is 88.3 cm³/mol. The SMILES string of the molecule is COc1ccc(I)cc1C(=O)c1ccc(F)cc1I. The maximum atomic E-state index is 13.1. The van der Waals surface area contributed by atoms with Gasteiger partial charge < -0.3 is 4.74 Å². The maximum Gasteiger partial charge on any atom is 0.197 e. The molecule has 0 bridgehead atoms. The highest BCUT2D eigenvalue weighted by Gasteiger charge is 2.17. The molecule has 0 amide bonds. The van der Waals surface area contributed by atoms with Gasteiger partial charge in [-0.2, -0.15) is 0 Å². The third-order valence-electron chi connectivity index (χ3n) is 2.58. The first kappa shape index (κ1) is 14.7. The van der Waals surface area contributed by atoms with Crippen molar-refractivity contribution < 1.29 is 13.9 Å². The summed E-state index contributed by atoms with van der Waals surface area (Å²) < 4.78 is 19.8. The van der Waals surface area contributed by atoms with Gasteiger partial charge >= 0.3 is 0 Å². The summed E-state index contributed by atoms with van der Waals surface area (Å²) >= 11 is 4.09. The van der Waals surface area contributed by atoms with Gasteiger partial charge in [0.1, 0.15) is 11.6 Å². The zero-order valence-corrected chi connectivity index (χ0v) is 14.2. The number of benzene rings is 2. The van der Waals surface area contributed by atoms with Crippen LogP contribution in [0.1, 0.15) is 15.9 Å². The van der Waals surface area contributed by atoms with Crippen molar-refractivity contribution in [1.82, 2.24) is 0 Å². The van der Waals surface area contributed by atoms with Crippen LogP contribution in [0.2, 0.25) is 0 Å². The fourth-order valence-corrected chi connectivity index (χ4v) is 2.89. The minimum atomic E-state index is -0.351. The number of hydrogen-bond acceptors (Lipinski definition) is 2. The van der Waals surface area contributed by atoms with Crippen molar-refractivity contribution in [3.63, 3.8) is 0 Å². The highest BCUT2D eigenvalue weighted by Crippen LogP contribution is 2.26. The van der Waals surface area contributed by atoms with Gasteiger partial charge in [0.05, 0.1) is 12.7 Å². The number of ether oxygens (including phenoxy) is 1. The monoisotopic (exact) mass is 482 g/mol. The molecule has 0 atom stereocenters. The van der Waals surface area contributed by atoms with Crippen molar-refractivity contribution in [2.24, 2.45) is 0 Å². The molecule has 0 saturated carbocycles. The Kier molecular flexibility index (Phi) is 4.77. The minimum absolute atomic E-state index is 0.167. The average Bonchev–Trinajstić information content (AvgIpc) is 2.38. The lowest BCUT2D eigenvalue weighted by atomic mass is 10.0. The molecule has 2 nitrogen and oxygen atoms in total. The molecular weight excluding hydrogens is 473 g/mol. The van der Waals surface area contributed by atoms with Crippen molar-refractivity contribution in [2.45, 2.75) is 0 Å². The van der Waals surface area contributed by atoms with Crippen molar-refractivity contribution >= 4 is 51.0 Å². The first-order chi connectivity index (χ1) is 9.02. The van der Waals surface area contributed by atoms with Crippen LogP contribution in [0.25, 0.3) is 0 Å². The van der Waals surface area contributed by atoms with Crippen molar-refractivity contribution in [3.8, 4) is 5.75 Å². The summed E-state index contributed by atoms with van der Waals surface area (Å²) in [7, 11) is 1.52. The molecule has 0 aliphatic heterocycles. The molecule has 0 fully saturated rings. The summed E-state index contributed by atoms with van der Waals surface area (Å²) in [4.78, 5) is 12.5. The fourth-order valence-electron chi connectivity index (χ4n) is 1.68. The number of hydrogen-bond donors (Lipinski definition) is 0. The standard InChI is InChI=1S/C14H9FI2O2/c1-19-13-5-3-9(16)7-11(13)14(18)10-4-2-8(15)6-12(10)17/h2-7H,1H3. The Balaban J connectivity index is 2.52. The molecule has 98 valence electrons. The Morgan fingerprint density at radius 3 is 2.47 bits per heavy atom. The van der Waals surface area contributed by atoms with Gasteiger partial charge in [0.2, 0.25) is 0 Å². The van der Waals surface area contributed by atoms with Crippen molar-refractivity contribution in [2.75, 3.05) is 7.11 Å². The maximum absolute atomic E-state index is 13.1. The molecule has 0 aliphatic rings. The normalized spacial score (nSPS) is 10.3. The average molecular weight is 482 g/mol. The summed E-state index contributed by atoms with van der Waals surface area (Å²) in [6, 6.07) is 9.51. The van der Waals surface area contributed by atoms with E-state index in [0.29, 0.717) is 20.4 Å². The second-order valence-corrected chi connectivity index (χ2v) is 6.21. The molecule has 0 spiro atoms. The number of carbonyl (C=O) groups excluding carboxylic acids is 1. The molecule has 0 saturated heterocycles. The molecule has 0 radical (unpaired) electrons. The second-order valence-electron chi connectivity index (χ2n) is 3.80. The summed E-state index contributed by atoms with van der Waals surface area (Å²) in [6.07, 6.45) is 0. The molecule has 0 aliphatic carbocycles. The number of ketones is 1.